The molecule has 0 aliphatic carbocycles. The predicted molar refractivity (Wildman–Crippen MR) is 99.3 cm³/mol. The summed E-state index contributed by atoms with van der Waals surface area (Å²) in [4.78, 5) is 15.7. The zero-order chi connectivity index (χ0) is 18.8. The molecule has 0 bridgehead atoms. The molecule has 8 heteroatoms. The molecule has 8 nitrogen and oxygen atoms in total. The van der Waals surface area contributed by atoms with E-state index in [1.807, 2.05) is 12.1 Å². The first-order chi connectivity index (χ1) is 13.1. The van der Waals surface area contributed by atoms with Crippen molar-refractivity contribution in [2.24, 2.45) is 5.92 Å². The summed E-state index contributed by atoms with van der Waals surface area (Å²) in [7, 11) is 0. The summed E-state index contributed by atoms with van der Waals surface area (Å²) in [5.41, 5.74) is 0.822. The molecule has 3 aromatic rings. The monoisotopic (exact) mass is 368 g/mol. The average molecular weight is 368 g/mol. The summed E-state index contributed by atoms with van der Waals surface area (Å²) >= 11 is 0. The van der Waals surface area contributed by atoms with Crippen molar-refractivity contribution in [2.75, 3.05) is 18.0 Å². The van der Waals surface area contributed by atoms with E-state index in [0.29, 0.717) is 17.6 Å². The van der Waals surface area contributed by atoms with Crippen LogP contribution in [0.15, 0.2) is 27.4 Å². The van der Waals surface area contributed by atoms with Crippen molar-refractivity contribution >= 4 is 5.82 Å². The molecule has 27 heavy (non-hydrogen) atoms. The van der Waals surface area contributed by atoms with E-state index in [1.54, 1.807) is 13.1 Å². The number of nitrogens with zero attached hydrogens (tertiary/aromatic N) is 6. The molecule has 1 aliphatic heterocycles. The normalized spacial score (nSPS) is 17.6. The van der Waals surface area contributed by atoms with Gasteiger partial charge in [0.1, 0.15) is 5.82 Å². The highest BCUT2D eigenvalue weighted by molar-refractivity contribution is 5.54. The van der Waals surface area contributed by atoms with E-state index < -0.39 is 0 Å². The molecule has 0 amide bonds. The Balaban J connectivity index is 1.45. The van der Waals surface area contributed by atoms with Crippen molar-refractivity contribution in [1.29, 1.82) is 0 Å². The zero-order valence-electron chi connectivity index (χ0n) is 15.9. The maximum absolute atomic E-state index is 5.53. The number of anilines is 1. The zero-order valence-corrected chi connectivity index (χ0v) is 15.9. The molecule has 0 spiro atoms. The minimum Gasteiger partial charge on any atom is -0.356 e. The van der Waals surface area contributed by atoms with Crippen LogP contribution >= 0.6 is 0 Å². The summed E-state index contributed by atoms with van der Waals surface area (Å²) in [6.45, 7) is 7.91. The summed E-state index contributed by atoms with van der Waals surface area (Å²) in [5.74, 6) is 4.34. The lowest BCUT2D eigenvalue weighted by atomic mass is 9.98. The Bertz CT molecular complexity index is 886. The van der Waals surface area contributed by atoms with Gasteiger partial charge in [-0.2, -0.15) is 9.97 Å². The molecule has 0 N–H and O–H groups in total. The highest BCUT2D eigenvalue weighted by Crippen LogP contribution is 2.29. The number of hydrogen-bond donors (Lipinski definition) is 0. The van der Waals surface area contributed by atoms with Crippen molar-refractivity contribution in [2.45, 2.75) is 46.0 Å². The third kappa shape index (κ3) is 3.99. The first-order valence-electron chi connectivity index (χ1n) is 9.42. The van der Waals surface area contributed by atoms with Gasteiger partial charge in [-0.25, -0.2) is 4.98 Å². The molecule has 3 aromatic heterocycles. The summed E-state index contributed by atoms with van der Waals surface area (Å²) < 4.78 is 10.7. The number of aromatic nitrogens is 5. The molecular weight excluding hydrogens is 344 g/mol. The molecule has 142 valence electrons. The second-order valence-corrected chi connectivity index (χ2v) is 7.48. The SMILES string of the molecule is Cc1noc(-c2ccc(N3CCC[C@@H](c4nc(CC(C)C)no4)C3)nc2)n1. The van der Waals surface area contributed by atoms with Crippen molar-refractivity contribution in [3.8, 4) is 11.5 Å². The Labute approximate surface area is 158 Å². The van der Waals surface area contributed by atoms with Gasteiger partial charge in [0.15, 0.2) is 11.6 Å². The lowest BCUT2D eigenvalue weighted by molar-refractivity contribution is 0.329. The number of pyridine rings is 1. The van der Waals surface area contributed by atoms with Crippen molar-refractivity contribution in [1.82, 2.24) is 25.3 Å². The van der Waals surface area contributed by atoms with E-state index in [-0.39, 0.29) is 5.92 Å². The lowest BCUT2D eigenvalue weighted by Gasteiger charge is -2.31. The van der Waals surface area contributed by atoms with E-state index >= 15 is 0 Å². The van der Waals surface area contributed by atoms with Gasteiger partial charge in [-0.05, 0) is 37.8 Å². The van der Waals surface area contributed by atoms with E-state index in [4.69, 9.17) is 9.05 Å². The van der Waals surface area contributed by atoms with Crippen LogP contribution in [0.1, 0.15) is 50.1 Å². The molecule has 4 heterocycles. The second kappa shape index (κ2) is 7.46. The maximum atomic E-state index is 5.53. The smallest absolute Gasteiger partial charge is 0.259 e. The van der Waals surface area contributed by atoms with Gasteiger partial charge in [0.25, 0.3) is 5.89 Å². The van der Waals surface area contributed by atoms with Gasteiger partial charge in [0.05, 0.1) is 11.5 Å². The molecule has 1 aliphatic rings. The van der Waals surface area contributed by atoms with Gasteiger partial charge < -0.3 is 13.9 Å². The third-order valence-corrected chi connectivity index (χ3v) is 4.69. The van der Waals surface area contributed by atoms with Gasteiger partial charge in [-0.1, -0.05) is 24.2 Å². The largest absolute Gasteiger partial charge is 0.356 e. The number of hydrogen-bond acceptors (Lipinski definition) is 8. The van der Waals surface area contributed by atoms with Gasteiger partial charge in [-0.15, -0.1) is 0 Å². The molecule has 1 fully saturated rings. The molecule has 1 atom stereocenters. The van der Waals surface area contributed by atoms with Gasteiger partial charge in [0.2, 0.25) is 5.89 Å². The number of piperidine rings is 1. The number of rotatable bonds is 5. The highest BCUT2D eigenvalue weighted by Gasteiger charge is 2.27. The van der Waals surface area contributed by atoms with E-state index in [2.05, 4.69) is 44.0 Å². The standard InChI is InChI=1S/C19H24N6O2/c1-12(2)9-16-22-19(27-24-16)15-5-4-8-25(11-15)17-7-6-14(10-20-17)18-21-13(3)23-26-18/h6-7,10,12,15H,4-5,8-9,11H2,1-3H3/t15-/m1/s1. The average Bonchev–Trinajstić information content (AvgIpc) is 3.31. The predicted octanol–water partition coefficient (Wildman–Crippen LogP) is 3.41. The molecule has 0 aromatic carbocycles. The van der Waals surface area contributed by atoms with E-state index in [9.17, 15) is 0 Å². The summed E-state index contributed by atoms with van der Waals surface area (Å²) in [5, 5.41) is 7.95. The Morgan fingerprint density at radius 1 is 1.19 bits per heavy atom. The Morgan fingerprint density at radius 3 is 2.78 bits per heavy atom. The van der Waals surface area contributed by atoms with Crippen LogP contribution in [0.4, 0.5) is 5.82 Å². The van der Waals surface area contributed by atoms with Crippen molar-refractivity contribution in [3.63, 3.8) is 0 Å². The van der Waals surface area contributed by atoms with Crippen LogP contribution in [-0.2, 0) is 6.42 Å². The summed E-state index contributed by atoms with van der Waals surface area (Å²) in [6.07, 6.45) is 4.75. The van der Waals surface area contributed by atoms with Crippen LogP contribution in [0.5, 0.6) is 0 Å². The minimum absolute atomic E-state index is 0.243. The Kier molecular flexibility index (Phi) is 4.87. The molecular formula is C19H24N6O2. The third-order valence-electron chi connectivity index (χ3n) is 4.69. The summed E-state index contributed by atoms with van der Waals surface area (Å²) in [6, 6.07) is 3.96. The fraction of sp³-hybridized carbons (Fsp3) is 0.526. The first-order valence-corrected chi connectivity index (χ1v) is 9.42. The van der Waals surface area contributed by atoms with Crippen molar-refractivity contribution < 1.29 is 9.05 Å². The van der Waals surface area contributed by atoms with E-state index in [0.717, 1.165) is 55.4 Å². The van der Waals surface area contributed by atoms with Crippen LogP contribution in [0.2, 0.25) is 0 Å². The molecule has 4 rings (SSSR count). The molecule has 0 saturated carbocycles. The quantitative estimate of drug-likeness (QED) is 0.676. The second-order valence-electron chi connectivity index (χ2n) is 7.48. The topological polar surface area (TPSA) is 94.0 Å². The maximum Gasteiger partial charge on any atom is 0.259 e. The van der Waals surface area contributed by atoms with E-state index in [1.165, 1.54) is 0 Å². The fourth-order valence-electron chi connectivity index (χ4n) is 3.38. The number of aryl methyl sites for hydroxylation is 1. The fourth-order valence-corrected chi connectivity index (χ4v) is 3.38. The van der Waals surface area contributed by atoms with Crippen LogP contribution in [-0.4, -0.2) is 38.4 Å². The van der Waals surface area contributed by atoms with Crippen LogP contribution < -0.4 is 4.90 Å². The first kappa shape index (κ1) is 17.6. The van der Waals surface area contributed by atoms with Gasteiger partial charge in [-0.3, -0.25) is 0 Å². The Hall–Kier alpha value is -2.77. The Morgan fingerprint density at radius 2 is 2.07 bits per heavy atom. The van der Waals surface area contributed by atoms with Gasteiger partial charge >= 0.3 is 0 Å². The van der Waals surface area contributed by atoms with Gasteiger partial charge in [0, 0.05) is 25.7 Å². The molecule has 1 saturated heterocycles. The minimum atomic E-state index is 0.243. The van der Waals surface area contributed by atoms with Crippen LogP contribution in [0, 0.1) is 12.8 Å². The molecule has 0 unspecified atom stereocenters. The highest BCUT2D eigenvalue weighted by atomic mass is 16.5. The lowest BCUT2D eigenvalue weighted by Crippen LogP contribution is -2.35. The van der Waals surface area contributed by atoms with Crippen LogP contribution in [0.3, 0.4) is 0 Å². The molecule has 0 radical (unpaired) electrons. The van der Waals surface area contributed by atoms with Crippen LogP contribution in [0.25, 0.3) is 11.5 Å². The van der Waals surface area contributed by atoms with Crippen molar-refractivity contribution in [3.05, 3.63) is 35.9 Å².